The van der Waals surface area contributed by atoms with Crippen LogP contribution < -0.4 is 10.0 Å². The van der Waals surface area contributed by atoms with Gasteiger partial charge in [-0.05, 0) is 58.4 Å². The highest BCUT2D eigenvalue weighted by molar-refractivity contribution is 9.10. The second kappa shape index (κ2) is 8.11. The van der Waals surface area contributed by atoms with Crippen LogP contribution >= 0.6 is 50.5 Å². The SMILES string of the molecule is O=C(Nc1nnc(S(=O)(=O)Nc2ccc(Br)c(Cl)c2)s1)c1ccc(Cl)cc1. The molecular formula is C15H9BrCl2N4O3S2. The zero-order chi connectivity index (χ0) is 19.6. The molecule has 0 saturated carbocycles. The van der Waals surface area contributed by atoms with Gasteiger partial charge in [0.25, 0.3) is 20.3 Å². The minimum Gasteiger partial charge on any atom is -0.296 e. The summed E-state index contributed by atoms with van der Waals surface area (Å²) in [4.78, 5) is 12.1. The number of nitrogens with one attached hydrogen (secondary N) is 2. The Labute approximate surface area is 176 Å². The first-order chi connectivity index (χ1) is 12.7. The minimum atomic E-state index is -3.98. The number of carbonyl (C=O) groups is 1. The highest BCUT2D eigenvalue weighted by Crippen LogP contribution is 2.28. The molecule has 7 nitrogen and oxygen atoms in total. The summed E-state index contributed by atoms with van der Waals surface area (Å²) in [6.45, 7) is 0. The molecule has 0 aliphatic carbocycles. The van der Waals surface area contributed by atoms with Gasteiger partial charge in [0.2, 0.25) is 5.13 Å². The van der Waals surface area contributed by atoms with Crippen molar-refractivity contribution >= 4 is 77.2 Å². The average molecular weight is 508 g/mol. The molecule has 3 rings (SSSR count). The van der Waals surface area contributed by atoms with Crippen molar-refractivity contribution in [2.24, 2.45) is 0 Å². The number of hydrogen-bond donors (Lipinski definition) is 2. The summed E-state index contributed by atoms with van der Waals surface area (Å²) >= 11 is 15.7. The lowest BCUT2D eigenvalue weighted by Crippen LogP contribution is -2.12. The fourth-order valence-electron chi connectivity index (χ4n) is 1.90. The predicted octanol–water partition coefficient (Wildman–Crippen LogP) is 4.66. The summed E-state index contributed by atoms with van der Waals surface area (Å²) in [7, 11) is -3.98. The van der Waals surface area contributed by atoms with Crippen molar-refractivity contribution in [2.45, 2.75) is 4.34 Å². The van der Waals surface area contributed by atoms with Gasteiger partial charge < -0.3 is 0 Å². The van der Waals surface area contributed by atoms with E-state index in [-0.39, 0.29) is 15.2 Å². The van der Waals surface area contributed by atoms with E-state index in [0.717, 1.165) is 11.3 Å². The third kappa shape index (κ3) is 4.96. The molecule has 1 heterocycles. The lowest BCUT2D eigenvalue weighted by atomic mass is 10.2. The molecule has 0 saturated heterocycles. The molecule has 3 aromatic rings. The Bertz CT molecular complexity index is 1100. The summed E-state index contributed by atoms with van der Waals surface area (Å²) in [5.74, 6) is -0.459. The summed E-state index contributed by atoms with van der Waals surface area (Å²) in [6.07, 6.45) is 0. The molecule has 2 aromatic carbocycles. The Kier molecular flexibility index (Phi) is 6.02. The van der Waals surface area contributed by atoms with Gasteiger partial charge >= 0.3 is 0 Å². The largest absolute Gasteiger partial charge is 0.296 e. The molecule has 140 valence electrons. The van der Waals surface area contributed by atoms with Gasteiger partial charge in [-0.2, -0.15) is 8.42 Å². The van der Waals surface area contributed by atoms with E-state index in [0.29, 0.717) is 20.1 Å². The Balaban J connectivity index is 1.74. The standard InChI is InChI=1S/C15H9BrCl2N4O3S2/c16-11-6-5-10(7-12(11)18)22-27(24,25)15-21-20-14(26-15)19-13(23)8-1-3-9(17)4-2-8/h1-7,22H,(H,19,20,23). The quantitative estimate of drug-likeness (QED) is 0.489. The van der Waals surface area contributed by atoms with Crippen molar-refractivity contribution in [3.8, 4) is 0 Å². The zero-order valence-corrected chi connectivity index (χ0v) is 17.8. The molecule has 0 fully saturated rings. The van der Waals surface area contributed by atoms with E-state index >= 15 is 0 Å². The Morgan fingerprint density at radius 3 is 2.44 bits per heavy atom. The monoisotopic (exact) mass is 506 g/mol. The smallest absolute Gasteiger partial charge is 0.291 e. The maximum absolute atomic E-state index is 12.4. The van der Waals surface area contributed by atoms with E-state index in [1.807, 2.05) is 0 Å². The van der Waals surface area contributed by atoms with E-state index < -0.39 is 15.9 Å². The maximum Gasteiger partial charge on any atom is 0.291 e. The first-order valence-corrected chi connectivity index (χ1v) is 11.0. The number of nitrogens with zero attached hydrogens (tertiary/aromatic N) is 2. The average Bonchev–Trinajstić information content (AvgIpc) is 3.08. The molecule has 0 bridgehead atoms. The molecule has 0 unspecified atom stereocenters. The van der Waals surface area contributed by atoms with Crippen molar-refractivity contribution in [3.05, 3.63) is 62.5 Å². The number of sulfonamides is 1. The van der Waals surface area contributed by atoms with Crippen LogP contribution in [-0.4, -0.2) is 24.5 Å². The maximum atomic E-state index is 12.4. The molecular weight excluding hydrogens is 499 g/mol. The number of halogens is 3. The van der Waals surface area contributed by atoms with E-state index in [9.17, 15) is 13.2 Å². The van der Waals surface area contributed by atoms with Gasteiger partial charge in [-0.1, -0.05) is 34.5 Å². The van der Waals surface area contributed by atoms with E-state index in [1.54, 1.807) is 18.2 Å². The second-order valence-corrected chi connectivity index (χ2v) is 9.60. The van der Waals surface area contributed by atoms with Gasteiger partial charge in [-0.3, -0.25) is 14.8 Å². The minimum absolute atomic E-state index is 0.0455. The molecule has 0 aliphatic rings. The van der Waals surface area contributed by atoms with Crippen LogP contribution in [0.15, 0.2) is 51.3 Å². The second-order valence-electron chi connectivity index (χ2n) is 5.07. The van der Waals surface area contributed by atoms with Crippen molar-refractivity contribution in [2.75, 3.05) is 10.0 Å². The molecule has 0 aliphatic heterocycles. The van der Waals surface area contributed by atoms with Crippen LogP contribution in [0.1, 0.15) is 10.4 Å². The van der Waals surface area contributed by atoms with Crippen molar-refractivity contribution < 1.29 is 13.2 Å². The topological polar surface area (TPSA) is 101 Å². The Hall–Kier alpha value is -1.72. The van der Waals surface area contributed by atoms with Crippen LogP contribution in [0, 0.1) is 0 Å². The van der Waals surface area contributed by atoms with Crippen molar-refractivity contribution in [1.29, 1.82) is 0 Å². The van der Waals surface area contributed by atoms with Crippen LogP contribution in [0.4, 0.5) is 10.8 Å². The third-order valence-corrected chi connectivity index (χ3v) is 7.21. The summed E-state index contributed by atoms with van der Waals surface area (Å²) in [5.41, 5.74) is 0.617. The Morgan fingerprint density at radius 2 is 1.78 bits per heavy atom. The molecule has 12 heteroatoms. The first kappa shape index (κ1) is 20.0. The van der Waals surface area contributed by atoms with Crippen LogP contribution in [0.2, 0.25) is 10.0 Å². The van der Waals surface area contributed by atoms with Crippen molar-refractivity contribution in [3.63, 3.8) is 0 Å². The highest BCUT2D eigenvalue weighted by atomic mass is 79.9. The number of anilines is 2. The first-order valence-electron chi connectivity index (χ1n) is 7.13. The normalized spacial score (nSPS) is 11.2. The molecule has 0 atom stereocenters. The number of carbonyl (C=O) groups excluding carboxylic acids is 1. The van der Waals surface area contributed by atoms with Gasteiger partial charge in [0.1, 0.15) is 0 Å². The molecule has 1 amide bonds. The number of amides is 1. The highest BCUT2D eigenvalue weighted by Gasteiger charge is 2.21. The molecule has 0 radical (unpaired) electrons. The van der Waals surface area contributed by atoms with Crippen LogP contribution in [0.25, 0.3) is 0 Å². The van der Waals surface area contributed by atoms with Crippen LogP contribution in [0.5, 0.6) is 0 Å². The number of hydrogen-bond acceptors (Lipinski definition) is 6. The number of benzene rings is 2. The fourth-order valence-corrected chi connectivity index (χ4v) is 4.40. The van der Waals surface area contributed by atoms with Gasteiger partial charge in [0.15, 0.2) is 0 Å². The molecule has 2 N–H and O–H groups in total. The summed E-state index contributed by atoms with van der Waals surface area (Å²) < 4.78 is 27.5. The van der Waals surface area contributed by atoms with E-state index in [1.165, 1.54) is 24.3 Å². The molecule has 27 heavy (non-hydrogen) atoms. The molecule has 0 spiro atoms. The lowest BCUT2D eigenvalue weighted by Gasteiger charge is -2.06. The zero-order valence-electron chi connectivity index (χ0n) is 13.1. The van der Waals surface area contributed by atoms with Crippen LogP contribution in [-0.2, 0) is 10.0 Å². The van der Waals surface area contributed by atoms with Crippen molar-refractivity contribution in [1.82, 2.24) is 10.2 Å². The number of aromatic nitrogens is 2. The fraction of sp³-hybridized carbons (Fsp3) is 0. The predicted molar refractivity (Wildman–Crippen MR) is 109 cm³/mol. The van der Waals surface area contributed by atoms with Crippen LogP contribution in [0.3, 0.4) is 0 Å². The summed E-state index contributed by atoms with van der Waals surface area (Å²) in [6, 6.07) is 10.8. The summed E-state index contributed by atoms with van der Waals surface area (Å²) in [5, 5.41) is 10.7. The third-order valence-electron chi connectivity index (χ3n) is 3.14. The van der Waals surface area contributed by atoms with E-state index in [4.69, 9.17) is 23.2 Å². The lowest BCUT2D eigenvalue weighted by molar-refractivity contribution is 0.102. The number of rotatable bonds is 5. The van der Waals surface area contributed by atoms with Gasteiger partial charge in [-0.15, -0.1) is 10.2 Å². The van der Waals surface area contributed by atoms with Gasteiger partial charge in [0, 0.05) is 15.1 Å². The van der Waals surface area contributed by atoms with Gasteiger partial charge in [0.05, 0.1) is 10.7 Å². The van der Waals surface area contributed by atoms with E-state index in [2.05, 4.69) is 36.2 Å². The Morgan fingerprint density at radius 1 is 1.07 bits per heavy atom. The molecule has 1 aromatic heterocycles. The van der Waals surface area contributed by atoms with Gasteiger partial charge in [-0.25, -0.2) is 0 Å².